The summed E-state index contributed by atoms with van der Waals surface area (Å²) in [5.74, 6) is -0.0347. The minimum Gasteiger partial charge on any atom is -0.491 e. The number of carbonyl (C=O) groups excluding carboxylic acids is 4. The van der Waals surface area contributed by atoms with E-state index in [0.717, 1.165) is 17.7 Å². The Morgan fingerprint density at radius 3 is 1.29 bits per heavy atom. The van der Waals surface area contributed by atoms with Crippen molar-refractivity contribution in [3.63, 3.8) is 0 Å². The van der Waals surface area contributed by atoms with Gasteiger partial charge in [0.15, 0.2) is 5.78 Å². The highest BCUT2D eigenvalue weighted by molar-refractivity contribution is 5.97. The maximum absolute atomic E-state index is 12.8. The summed E-state index contributed by atoms with van der Waals surface area (Å²) in [6.45, 7) is 10.3. The zero-order chi connectivity index (χ0) is 37.2. The molecule has 278 valence electrons. The first-order chi connectivity index (χ1) is 25.4. The van der Waals surface area contributed by atoms with Gasteiger partial charge in [-0.05, 0) is 66.2 Å². The molecule has 0 amide bonds. The Morgan fingerprint density at radius 2 is 0.846 bits per heavy atom. The minimum atomic E-state index is -0.526. The largest absolute Gasteiger partial charge is 0.491 e. The monoisotopic (exact) mass is 720 g/mol. The van der Waals surface area contributed by atoms with Crippen LogP contribution in [0.1, 0.15) is 26.3 Å². The Morgan fingerprint density at radius 1 is 0.462 bits per heavy atom. The van der Waals surface area contributed by atoms with Crippen LogP contribution in [0.4, 0.5) is 0 Å². The molecule has 0 bridgehead atoms. The van der Waals surface area contributed by atoms with Crippen LogP contribution < -0.4 is 14.2 Å². The standard InChI is InChI=1S/C39H44O13/c1-3-37(41)50-27-23-46-19-17-44-21-25-48-33-13-7-31(8-14-33)36(40)29-30-5-11-35(12-6-30)52-39(43)32-9-15-34(16-10-32)49-26-22-45-18-20-47-24-28-51-38(42)4-2/h3-16H,1-2,17-29H2. The fraction of sp³-hybridized carbons (Fsp3) is 0.333. The molecule has 0 saturated carbocycles. The van der Waals surface area contributed by atoms with Crippen LogP contribution in [0.5, 0.6) is 17.2 Å². The van der Waals surface area contributed by atoms with Crippen LogP contribution >= 0.6 is 0 Å². The molecular formula is C39H44O13. The van der Waals surface area contributed by atoms with Crippen molar-refractivity contribution in [2.45, 2.75) is 6.42 Å². The van der Waals surface area contributed by atoms with Gasteiger partial charge in [0, 0.05) is 24.1 Å². The molecule has 0 fully saturated rings. The van der Waals surface area contributed by atoms with Gasteiger partial charge in [-0.1, -0.05) is 25.3 Å². The fourth-order valence-electron chi connectivity index (χ4n) is 4.15. The second kappa shape index (κ2) is 24.7. The Labute approximate surface area is 302 Å². The molecular weight excluding hydrogens is 676 g/mol. The molecule has 0 radical (unpaired) electrons. The molecule has 3 aromatic rings. The van der Waals surface area contributed by atoms with E-state index < -0.39 is 17.9 Å². The third-order valence-electron chi connectivity index (χ3n) is 6.78. The maximum Gasteiger partial charge on any atom is 0.343 e. The molecule has 0 atom stereocenters. The van der Waals surface area contributed by atoms with Crippen molar-refractivity contribution in [1.82, 2.24) is 0 Å². The van der Waals surface area contributed by atoms with Gasteiger partial charge >= 0.3 is 17.9 Å². The molecule has 0 aromatic heterocycles. The summed E-state index contributed by atoms with van der Waals surface area (Å²) >= 11 is 0. The van der Waals surface area contributed by atoms with Crippen molar-refractivity contribution in [2.24, 2.45) is 0 Å². The third kappa shape index (κ3) is 17.1. The van der Waals surface area contributed by atoms with Crippen LogP contribution in [0.15, 0.2) is 98.1 Å². The normalized spacial score (nSPS) is 10.5. The number of ketones is 1. The van der Waals surface area contributed by atoms with Crippen molar-refractivity contribution in [1.29, 1.82) is 0 Å². The Hall–Kier alpha value is -5.34. The van der Waals surface area contributed by atoms with Gasteiger partial charge in [0.25, 0.3) is 0 Å². The number of benzene rings is 3. The second-order valence-corrected chi connectivity index (χ2v) is 10.6. The Bertz CT molecular complexity index is 1420. The lowest BCUT2D eigenvalue weighted by molar-refractivity contribution is -0.140. The molecule has 52 heavy (non-hydrogen) atoms. The summed E-state index contributed by atoms with van der Waals surface area (Å²) in [7, 11) is 0. The van der Waals surface area contributed by atoms with Gasteiger partial charge in [0.05, 0.1) is 58.4 Å². The van der Waals surface area contributed by atoms with E-state index in [4.69, 9.17) is 42.6 Å². The lowest BCUT2D eigenvalue weighted by Crippen LogP contribution is -2.13. The van der Waals surface area contributed by atoms with Crippen LogP contribution in [-0.2, 0) is 44.4 Å². The lowest BCUT2D eigenvalue weighted by atomic mass is 10.0. The van der Waals surface area contributed by atoms with Crippen LogP contribution in [-0.4, -0.2) is 103 Å². The summed E-state index contributed by atoms with van der Waals surface area (Å²) < 4.78 is 47.9. The quantitative estimate of drug-likeness (QED) is 0.0355. The van der Waals surface area contributed by atoms with E-state index in [-0.39, 0.29) is 38.6 Å². The molecule has 3 aromatic carbocycles. The predicted octanol–water partition coefficient (Wildman–Crippen LogP) is 4.61. The fourth-order valence-corrected chi connectivity index (χ4v) is 4.15. The maximum atomic E-state index is 12.8. The molecule has 0 aliphatic carbocycles. The first kappa shape index (κ1) is 41.1. The molecule has 0 spiro atoms. The Kier molecular flexibility index (Phi) is 19.6. The number of rotatable bonds is 27. The first-order valence-corrected chi connectivity index (χ1v) is 16.6. The summed E-state index contributed by atoms with van der Waals surface area (Å²) in [6.07, 6.45) is 2.37. The molecule has 0 aliphatic rings. The van der Waals surface area contributed by atoms with Gasteiger partial charge in [-0.25, -0.2) is 14.4 Å². The number of carbonyl (C=O) groups is 4. The first-order valence-electron chi connectivity index (χ1n) is 16.6. The van der Waals surface area contributed by atoms with E-state index >= 15 is 0 Å². The van der Waals surface area contributed by atoms with Crippen molar-refractivity contribution in [2.75, 3.05) is 79.3 Å². The molecule has 0 aliphatic heterocycles. The van der Waals surface area contributed by atoms with Crippen molar-refractivity contribution in [3.05, 3.63) is 115 Å². The van der Waals surface area contributed by atoms with E-state index in [2.05, 4.69) is 13.2 Å². The zero-order valence-corrected chi connectivity index (χ0v) is 29.0. The molecule has 0 heterocycles. The van der Waals surface area contributed by atoms with Gasteiger partial charge < -0.3 is 42.6 Å². The minimum absolute atomic E-state index is 0.0672. The van der Waals surface area contributed by atoms with Gasteiger partial charge in [0.2, 0.25) is 0 Å². The summed E-state index contributed by atoms with van der Waals surface area (Å²) in [6, 6.07) is 20.2. The smallest absolute Gasteiger partial charge is 0.343 e. The van der Waals surface area contributed by atoms with Crippen molar-refractivity contribution in [3.8, 4) is 17.2 Å². The molecule has 0 N–H and O–H groups in total. The average Bonchev–Trinajstić information content (AvgIpc) is 3.17. The van der Waals surface area contributed by atoms with Crippen LogP contribution in [0, 0.1) is 0 Å². The van der Waals surface area contributed by atoms with Crippen LogP contribution in [0.2, 0.25) is 0 Å². The van der Waals surface area contributed by atoms with E-state index in [0.29, 0.717) is 81.2 Å². The van der Waals surface area contributed by atoms with E-state index in [1.54, 1.807) is 72.8 Å². The number of esters is 3. The highest BCUT2D eigenvalue weighted by atomic mass is 16.6. The topological polar surface area (TPSA) is 151 Å². The van der Waals surface area contributed by atoms with Crippen LogP contribution in [0.25, 0.3) is 0 Å². The SMILES string of the molecule is C=CC(=O)OCCOCCOCCOc1ccc(C(=O)Cc2ccc(OC(=O)c3ccc(OCCOCCOCCOC(=O)C=C)cc3)cc2)cc1. The average molecular weight is 721 g/mol. The molecule has 0 saturated heterocycles. The van der Waals surface area contributed by atoms with Crippen molar-refractivity contribution >= 4 is 23.7 Å². The molecule has 3 rings (SSSR count). The van der Waals surface area contributed by atoms with E-state index in [1.165, 1.54) is 0 Å². The van der Waals surface area contributed by atoms with Crippen LogP contribution in [0.3, 0.4) is 0 Å². The summed E-state index contributed by atoms with van der Waals surface area (Å²) in [5.41, 5.74) is 1.67. The number of hydrogen-bond donors (Lipinski definition) is 0. The highest BCUT2D eigenvalue weighted by Gasteiger charge is 2.11. The van der Waals surface area contributed by atoms with E-state index in [9.17, 15) is 19.2 Å². The van der Waals surface area contributed by atoms with Gasteiger partial charge in [-0.3, -0.25) is 4.79 Å². The predicted molar refractivity (Wildman–Crippen MR) is 189 cm³/mol. The number of ether oxygens (including phenoxy) is 9. The summed E-state index contributed by atoms with van der Waals surface area (Å²) in [5, 5.41) is 0. The van der Waals surface area contributed by atoms with Gasteiger partial charge in [0.1, 0.15) is 43.7 Å². The zero-order valence-electron chi connectivity index (χ0n) is 29.0. The van der Waals surface area contributed by atoms with Gasteiger partial charge in [-0.15, -0.1) is 0 Å². The van der Waals surface area contributed by atoms with E-state index in [1.807, 2.05) is 0 Å². The third-order valence-corrected chi connectivity index (χ3v) is 6.78. The molecule has 13 nitrogen and oxygen atoms in total. The number of Topliss-reactive ketones (excluding diaryl/α,β-unsaturated/α-hetero) is 1. The second-order valence-electron chi connectivity index (χ2n) is 10.6. The summed E-state index contributed by atoms with van der Waals surface area (Å²) in [4.78, 5) is 47.3. The van der Waals surface area contributed by atoms with Crippen molar-refractivity contribution < 1.29 is 61.8 Å². The highest BCUT2D eigenvalue weighted by Crippen LogP contribution is 2.19. The lowest BCUT2D eigenvalue weighted by Gasteiger charge is -2.09. The Balaban J connectivity index is 1.27. The van der Waals surface area contributed by atoms with Gasteiger partial charge in [-0.2, -0.15) is 0 Å². The molecule has 13 heteroatoms. The number of hydrogen-bond acceptors (Lipinski definition) is 13. The molecule has 0 unspecified atom stereocenters.